The maximum absolute atomic E-state index is 12.9. The second-order valence-electron chi connectivity index (χ2n) is 15.8. The van der Waals surface area contributed by atoms with Crippen LogP contribution in [0.25, 0.3) is 0 Å². The SMILES string of the molecule is CCCCCCCCC/C=C\CCCCCCCC(=O)NC(COC1OC(CO)C(O)C(O)C1O)C(O)/C=C/CC/C=C/CCCCCCCCCCCC. The number of hydrogen-bond donors (Lipinski definition) is 6. The smallest absolute Gasteiger partial charge is 0.220 e. The highest BCUT2D eigenvalue weighted by molar-refractivity contribution is 5.76. The van der Waals surface area contributed by atoms with Crippen LogP contribution in [0, 0.1) is 0 Å². The molecule has 0 aromatic heterocycles. The number of aliphatic hydroxyl groups excluding tert-OH is 5. The Hall–Kier alpha value is -1.59. The quantitative estimate of drug-likeness (QED) is 0.0270. The van der Waals surface area contributed by atoms with Gasteiger partial charge in [0.15, 0.2) is 6.29 Å². The molecule has 0 aromatic carbocycles. The van der Waals surface area contributed by atoms with Gasteiger partial charge in [0.05, 0.1) is 25.4 Å². The molecule has 1 fully saturated rings. The molecule has 1 amide bonds. The minimum absolute atomic E-state index is 0.196. The number of carbonyl (C=O) groups excluding carboxylic acids is 1. The first kappa shape index (κ1) is 51.4. The highest BCUT2D eigenvalue weighted by Crippen LogP contribution is 2.22. The van der Waals surface area contributed by atoms with E-state index in [1.54, 1.807) is 6.08 Å². The van der Waals surface area contributed by atoms with Crippen LogP contribution in [0.2, 0.25) is 0 Å². The summed E-state index contributed by atoms with van der Waals surface area (Å²) in [5.41, 5.74) is 0. The topological polar surface area (TPSA) is 149 Å². The van der Waals surface area contributed by atoms with Crippen molar-refractivity contribution in [3.8, 4) is 0 Å². The minimum Gasteiger partial charge on any atom is -0.394 e. The fraction of sp³-hybridized carbons (Fsp3) is 0.848. The van der Waals surface area contributed by atoms with Gasteiger partial charge in [-0.25, -0.2) is 0 Å². The highest BCUT2D eigenvalue weighted by atomic mass is 16.7. The lowest BCUT2D eigenvalue weighted by Crippen LogP contribution is -2.60. The van der Waals surface area contributed by atoms with Crippen LogP contribution in [0.3, 0.4) is 0 Å². The van der Waals surface area contributed by atoms with Crippen molar-refractivity contribution in [2.75, 3.05) is 13.2 Å². The van der Waals surface area contributed by atoms with Crippen LogP contribution in [-0.4, -0.2) is 87.5 Å². The first-order valence-corrected chi connectivity index (χ1v) is 22.7. The summed E-state index contributed by atoms with van der Waals surface area (Å²) >= 11 is 0. The summed E-state index contributed by atoms with van der Waals surface area (Å²) in [7, 11) is 0. The molecule has 0 bridgehead atoms. The molecule has 6 N–H and O–H groups in total. The van der Waals surface area contributed by atoms with E-state index in [9.17, 15) is 30.3 Å². The van der Waals surface area contributed by atoms with Crippen LogP contribution in [-0.2, 0) is 14.3 Å². The van der Waals surface area contributed by atoms with Crippen LogP contribution in [0.4, 0.5) is 0 Å². The van der Waals surface area contributed by atoms with Crippen molar-refractivity contribution < 1.29 is 39.8 Å². The van der Waals surface area contributed by atoms with Crippen LogP contribution in [0.5, 0.6) is 0 Å². The van der Waals surface area contributed by atoms with E-state index in [0.29, 0.717) is 6.42 Å². The number of nitrogens with one attached hydrogen (secondary N) is 1. The van der Waals surface area contributed by atoms with Crippen molar-refractivity contribution in [1.82, 2.24) is 5.32 Å². The summed E-state index contributed by atoms with van der Waals surface area (Å²) in [6.07, 6.45) is 37.6. The molecular formula is C46H85NO8. The molecule has 9 nitrogen and oxygen atoms in total. The molecule has 1 saturated heterocycles. The number of aliphatic hydroxyl groups is 5. The molecule has 1 rings (SSSR count). The third-order valence-corrected chi connectivity index (χ3v) is 10.7. The van der Waals surface area contributed by atoms with Gasteiger partial charge < -0.3 is 40.3 Å². The molecule has 0 aromatic rings. The predicted molar refractivity (Wildman–Crippen MR) is 226 cm³/mol. The standard InChI is InChI=1S/C46H85NO8/c1-3-5-7-9-11-13-15-17-19-21-23-25-27-29-31-33-35-40(49)39(38-54-46-45(53)44(52)43(51)41(37-48)55-46)47-42(50)36-34-32-30-28-26-24-22-20-18-16-14-12-10-8-6-4-2/h20,22,25,27,33,35,39-41,43-46,48-49,51-53H,3-19,21,23-24,26,28-32,34,36-38H2,1-2H3,(H,47,50)/b22-20-,27-25+,35-33+. The van der Waals surface area contributed by atoms with Gasteiger partial charge in [-0.15, -0.1) is 0 Å². The maximum atomic E-state index is 12.9. The lowest BCUT2D eigenvalue weighted by Gasteiger charge is -2.40. The van der Waals surface area contributed by atoms with Crippen LogP contribution < -0.4 is 5.32 Å². The Bertz CT molecular complexity index is 956. The van der Waals surface area contributed by atoms with Gasteiger partial charge in [-0.05, 0) is 57.8 Å². The third-order valence-electron chi connectivity index (χ3n) is 10.7. The Labute approximate surface area is 336 Å². The first-order valence-electron chi connectivity index (χ1n) is 22.7. The van der Waals surface area contributed by atoms with Crippen molar-refractivity contribution in [1.29, 1.82) is 0 Å². The lowest BCUT2D eigenvalue weighted by molar-refractivity contribution is -0.302. The molecule has 9 heteroatoms. The van der Waals surface area contributed by atoms with Gasteiger partial charge in [0.2, 0.25) is 5.91 Å². The van der Waals surface area contributed by atoms with Gasteiger partial charge in [-0.1, -0.05) is 166 Å². The Balaban J connectivity index is 2.41. The van der Waals surface area contributed by atoms with Crippen molar-refractivity contribution in [3.63, 3.8) is 0 Å². The summed E-state index contributed by atoms with van der Waals surface area (Å²) in [6, 6.07) is -0.823. The summed E-state index contributed by atoms with van der Waals surface area (Å²) in [5.74, 6) is -0.196. The number of allylic oxidation sites excluding steroid dienone is 5. The zero-order valence-electron chi connectivity index (χ0n) is 35.2. The summed E-state index contributed by atoms with van der Waals surface area (Å²) in [6.45, 7) is 3.74. The molecule has 1 aliphatic heterocycles. The zero-order valence-corrected chi connectivity index (χ0v) is 35.2. The number of hydrogen-bond acceptors (Lipinski definition) is 8. The summed E-state index contributed by atoms with van der Waals surface area (Å²) in [4.78, 5) is 12.9. The van der Waals surface area contributed by atoms with Crippen LogP contribution >= 0.6 is 0 Å². The van der Waals surface area contributed by atoms with Gasteiger partial charge in [0.1, 0.15) is 24.4 Å². The first-order chi connectivity index (χ1) is 26.8. The molecule has 0 spiro atoms. The van der Waals surface area contributed by atoms with Crippen molar-refractivity contribution in [3.05, 3.63) is 36.5 Å². The highest BCUT2D eigenvalue weighted by Gasteiger charge is 2.44. The van der Waals surface area contributed by atoms with E-state index in [1.807, 2.05) is 6.08 Å². The molecule has 7 unspecified atom stereocenters. The fourth-order valence-corrected chi connectivity index (χ4v) is 6.99. The Kier molecular flexibility index (Phi) is 34.3. The molecule has 0 aliphatic carbocycles. The zero-order chi connectivity index (χ0) is 40.2. The van der Waals surface area contributed by atoms with Crippen LogP contribution in [0.1, 0.15) is 194 Å². The van der Waals surface area contributed by atoms with E-state index >= 15 is 0 Å². The van der Waals surface area contributed by atoms with E-state index in [0.717, 1.165) is 57.8 Å². The van der Waals surface area contributed by atoms with Crippen LogP contribution in [0.15, 0.2) is 36.5 Å². The molecule has 322 valence electrons. The Morgan fingerprint density at radius 2 is 1.04 bits per heavy atom. The number of amides is 1. The van der Waals surface area contributed by atoms with Gasteiger partial charge >= 0.3 is 0 Å². The van der Waals surface area contributed by atoms with Gasteiger partial charge in [0.25, 0.3) is 0 Å². The van der Waals surface area contributed by atoms with E-state index in [-0.39, 0.29) is 12.5 Å². The average molecular weight is 780 g/mol. The van der Waals surface area contributed by atoms with Crippen molar-refractivity contribution >= 4 is 5.91 Å². The predicted octanol–water partition coefficient (Wildman–Crippen LogP) is 9.28. The molecule has 0 saturated carbocycles. The fourth-order valence-electron chi connectivity index (χ4n) is 6.99. The van der Waals surface area contributed by atoms with E-state index in [2.05, 4.69) is 43.5 Å². The van der Waals surface area contributed by atoms with Gasteiger partial charge in [-0.3, -0.25) is 4.79 Å². The summed E-state index contributed by atoms with van der Waals surface area (Å²) < 4.78 is 11.2. The van der Waals surface area contributed by atoms with E-state index in [1.165, 1.54) is 116 Å². The normalized spacial score (nSPS) is 21.6. The Morgan fingerprint density at radius 3 is 1.53 bits per heavy atom. The molecular weight excluding hydrogens is 695 g/mol. The Morgan fingerprint density at radius 1 is 0.600 bits per heavy atom. The van der Waals surface area contributed by atoms with Crippen molar-refractivity contribution in [2.24, 2.45) is 0 Å². The van der Waals surface area contributed by atoms with Crippen molar-refractivity contribution in [2.45, 2.75) is 236 Å². The third kappa shape index (κ3) is 27.6. The van der Waals surface area contributed by atoms with Gasteiger partial charge in [0, 0.05) is 6.42 Å². The average Bonchev–Trinajstić information content (AvgIpc) is 3.18. The maximum Gasteiger partial charge on any atom is 0.220 e. The second kappa shape index (κ2) is 36.7. The molecule has 1 aliphatic rings. The monoisotopic (exact) mass is 780 g/mol. The number of unbranched alkanes of at least 4 members (excludes halogenated alkanes) is 23. The molecule has 1 heterocycles. The minimum atomic E-state index is -1.57. The molecule has 55 heavy (non-hydrogen) atoms. The van der Waals surface area contributed by atoms with E-state index in [4.69, 9.17) is 9.47 Å². The molecule has 0 radical (unpaired) electrons. The number of carbonyl (C=O) groups is 1. The number of ether oxygens (including phenoxy) is 2. The summed E-state index contributed by atoms with van der Waals surface area (Å²) in [5, 5.41) is 54.1. The number of rotatable bonds is 37. The van der Waals surface area contributed by atoms with E-state index < -0.39 is 49.5 Å². The molecule has 7 atom stereocenters. The van der Waals surface area contributed by atoms with Gasteiger partial charge in [-0.2, -0.15) is 0 Å². The second-order valence-corrected chi connectivity index (χ2v) is 15.8. The largest absolute Gasteiger partial charge is 0.394 e. The lowest BCUT2D eigenvalue weighted by atomic mass is 9.99.